The maximum Gasteiger partial charge on any atom is 0.123 e. The second-order valence-corrected chi connectivity index (χ2v) is 5.75. The maximum absolute atomic E-state index is 13.2. The average Bonchev–Trinajstić information content (AvgIpc) is 2.47. The maximum atomic E-state index is 13.2. The van der Waals surface area contributed by atoms with E-state index in [1.54, 1.807) is 6.07 Å². The van der Waals surface area contributed by atoms with Gasteiger partial charge >= 0.3 is 0 Å². The van der Waals surface area contributed by atoms with Crippen molar-refractivity contribution in [3.8, 4) is 0 Å². The molecule has 0 aliphatic heterocycles. The minimum absolute atomic E-state index is 0.145. The Bertz CT molecular complexity index is 571. The van der Waals surface area contributed by atoms with Gasteiger partial charge in [0.25, 0.3) is 0 Å². The molecule has 0 heterocycles. The molecule has 0 aliphatic carbocycles. The summed E-state index contributed by atoms with van der Waals surface area (Å²) in [6, 6.07) is 14.2. The van der Waals surface area contributed by atoms with Gasteiger partial charge in [-0.2, -0.15) is 0 Å². The summed E-state index contributed by atoms with van der Waals surface area (Å²) in [5.74, 6) is -0.238. The number of benzene rings is 2. The van der Waals surface area contributed by atoms with Gasteiger partial charge in [-0.15, -0.1) is 0 Å². The van der Waals surface area contributed by atoms with Crippen LogP contribution in [-0.2, 0) is 6.54 Å². The van der Waals surface area contributed by atoms with Gasteiger partial charge in [-0.3, -0.25) is 0 Å². The van der Waals surface area contributed by atoms with E-state index in [-0.39, 0.29) is 11.9 Å². The van der Waals surface area contributed by atoms with Gasteiger partial charge in [-0.25, -0.2) is 4.39 Å². The number of hydrogen-bond donors (Lipinski definition) is 1. The molecule has 0 saturated carbocycles. The molecular formula is C17H20ClFN2. The quantitative estimate of drug-likeness (QED) is 0.874. The SMILES string of the molecule is CN(CCC(N)c1cccc(F)c1)Cc1ccc(Cl)cc1. The molecular weight excluding hydrogens is 287 g/mol. The van der Waals surface area contributed by atoms with Crippen molar-refractivity contribution >= 4 is 11.6 Å². The lowest BCUT2D eigenvalue weighted by Gasteiger charge is -2.19. The van der Waals surface area contributed by atoms with Crippen molar-refractivity contribution in [1.82, 2.24) is 4.90 Å². The van der Waals surface area contributed by atoms with E-state index in [0.29, 0.717) is 0 Å². The van der Waals surface area contributed by atoms with Gasteiger partial charge in [0.15, 0.2) is 0 Å². The van der Waals surface area contributed by atoms with E-state index in [1.807, 2.05) is 37.4 Å². The van der Waals surface area contributed by atoms with E-state index in [4.69, 9.17) is 17.3 Å². The zero-order valence-corrected chi connectivity index (χ0v) is 12.9. The van der Waals surface area contributed by atoms with Gasteiger partial charge in [-0.05, 0) is 55.4 Å². The fourth-order valence-electron chi connectivity index (χ4n) is 2.24. The van der Waals surface area contributed by atoms with Crippen LogP contribution in [0.5, 0.6) is 0 Å². The van der Waals surface area contributed by atoms with Crippen LogP contribution in [0, 0.1) is 5.82 Å². The van der Waals surface area contributed by atoms with Crippen LogP contribution in [0.2, 0.25) is 5.02 Å². The van der Waals surface area contributed by atoms with E-state index in [2.05, 4.69) is 4.90 Å². The van der Waals surface area contributed by atoms with Crippen LogP contribution in [0.1, 0.15) is 23.6 Å². The Kier molecular flexibility index (Phi) is 5.74. The number of hydrogen-bond acceptors (Lipinski definition) is 2. The number of halogens is 2. The Morgan fingerprint density at radius 1 is 1.19 bits per heavy atom. The summed E-state index contributed by atoms with van der Waals surface area (Å²) in [7, 11) is 2.05. The van der Waals surface area contributed by atoms with E-state index in [1.165, 1.54) is 17.7 Å². The predicted molar refractivity (Wildman–Crippen MR) is 85.7 cm³/mol. The molecule has 4 heteroatoms. The van der Waals surface area contributed by atoms with Crippen LogP contribution in [0.25, 0.3) is 0 Å². The Morgan fingerprint density at radius 2 is 1.90 bits per heavy atom. The Labute approximate surface area is 130 Å². The van der Waals surface area contributed by atoms with E-state index in [9.17, 15) is 4.39 Å². The van der Waals surface area contributed by atoms with Crippen molar-refractivity contribution in [2.24, 2.45) is 5.73 Å². The van der Waals surface area contributed by atoms with E-state index >= 15 is 0 Å². The predicted octanol–water partition coefficient (Wildman–Crippen LogP) is 4.00. The Hall–Kier alpha value is -1.42. The molecule has 0 aliphatic rings. The highest BCUT2D eigenvalue weighted by Crippen LogP contribution is 2.16. The highest BCUT2D eigenvalue weighted by atomic mass is 35.5. The van der Waals surface area contributed by atoms with E-state index < -0.39 is 0 Å². The lowest BCUT2D eigenvalue weighted by Crippen LogP contribution is -2.23. The first-order valence-electron chi connectivity index (χ1n) is 6.98. The summed E-state index contributed by atoms with van der Waals surface area (Å²) in [5.41, 5.74) is 8.17. The second-order valence-electron chi connectivity index (χ2n) is 5.31. The summed E-state index contributed by atoms with van der Waals surface area (Å²) in [4.78, 5) is 2.20. The first kappa shape index (κ1) is 16.0. The first-order valence-corrected chi connectivity index (χ1v) is 7.36. The molecule has 2 rings (SSSR count). The fourth-order valence-corrected chi connectivity index (χ4v) is 2.37. The Morgan fingerprint density at radius 3 is 2.57 bits per heavy atom. The van der Waals surface area contributed by atoms with E-state index in [0.717, 1.165) is 30.1 Å². The number of nitrogens with zero attached hydrogens (tertiary/aromatic N) is 1. The van der Waals surface area contributed by atoms with Gasteiger partial charge < -0.3 is 10.6 Å². The summed E-state index contributed by atoms with van der Waals surface area (Å²) >= 11 is 5.87. The van der Waals surface area contributed by atoms with Crippen LogP contribution in [0.3, 0.4) is 0 Å². The molecule has 2 nitrogen and oxygen atoms in total. The smallest absolute Gasteiger partial charge is 0.123 e. The standard InChI is InChI=1S/C17H20ClFN2/c1-21(12-13-5-7-15(18)8-6-13)10-9-17(20)14-3-2-4-16(19)11-14/h2-8,11,17H,9-10,12,20H2,1H3. The lowest BCUT2D eigenvalue weighted by molar-refractivity contribution is 0.311. The molecule has 0 amide bonds. The molecule has 21 heavy (non-hydrogen) atoms. The summed E-state index contributed by atoms with van der Waals surface area (Å²) < 4.78 is 13.2. The van der Waals surface area contributed by atoms with Gasteiger partial charge in [0, 0.05) is 17.6 Å². The fraction of sp³-hybridized carbons (Fsp3) is 0.294. The van der Waals surface area contributed by atoms with Gasteiger partial charge in [-0.1, -0.05) is 35.9 Å². The molecule has 0 spiro atoms. The molecule has 0 bridgehead atoms. The molecule has 0 aromatic heterocycles. The van der Waals surface area contributed by atoms with Crippen molar-refractivity contribution in [3.05, 3.63) is 70.5 Å². The minimum Gasteiger partial charge on any atom is -0.324 e. The third-order valence-corrected chi connectivity index (χ3v) is 3.72. The highest BCUT2D eigenvalue weighted by molar-refractivity contribution is 6.30. The topological polar surface area (TPSA) is 29.3 Å². The molecule has 0 fully saturated rings. The molecule has 2 N–H and O–H groups in total. The van der Waals surface area contributed by atoms with Crippen LogP contribution < -0.4 is 5.73 Å². The number of rotatable bonds is 6. The first-order chi connectivity index (χ1) is 10.0. The summed E-state index contributed by atoms with van der Waals surface area (Å²) in [6.45, 7) is 1.69. The number of nitrogens with two attached hydrogens (primary N) is 1. The minimum atomic E-state index is -0.238. The third-order valence-electron chi connectivity index (χ3n) is 3.46. The highest BCUT2D eigenvalue weighted by Gasteiger charge is 2.09. The molecule has 0 radical (unpaired) electrons. The van der Waals surface area contributed by atoms with Gasteiger partial charge in [0.05, 0.1) is 0 Å². The average molecular weight is 307 g/mol. The lowest BCUT2D eigenvalue weighted by atomic mass is 10.0. The summed E-state index contributed by atoms with van der Waals surface area (Å²) in [6.07, 6.45) is 0.785. The third kappa shape index (κ3) is 5.12. The Balaban J connectivity index is 1.83. The van der Waals surface area contributed by atoms with Crippen molar-refractivity contribution < 1.29 is 4.39 Å². The largest absolute Gasteiger partial charge is 0.324 e. The zero-order valence-electron chi connectivity index (χ0n) is 12.1. The van der Waals surface area contributed by atoms with Crippen molar-refractivity contribution in [3.63, 3.8) is 0 Å². The van der Waals surface area contributed by atoms with Crippen LogP contribution in [0.4, 0.5) is 4.39 Å². The molecule has 1 unspecified atom stereocenters. The normalized spacial score (nSPS) is 12.6. The van der Waals surface area contributed by atoms with Crippen LogP contribution >= 0.6 is 11.6 Å². The van der Waals surface area contributed by atoms with Crippen molar-refractivity contribution in [2.45, 2.75) is 19.0 Å². The van der Waals surface area contributed by atoms with Gasteiger partial charge in [0.2, 0.25) is 0 Å². The second kappa shape index (κ2) is 7.55. The summed E-state index contributed by atoms with van der Waals surface area (Å²) in [5, 5.41) is 0.745. The molecule has 0 saturated heterocycles. The molecule has 2 aromatic carbocycles. The van der Waals surface area contributed by atoms with Crippen molar-refractivity contribution in [1.29, 1.82) is 0 Å². The molecule has 2 aromatic rings. The monoisotopic (exact) mass is 306 g/mol. The molecule has 112 valence electrons. The van der Waals surface area contributed by atoms with Crippen LogP contribution in [-0.4, -0.2) is 18.5 Å². The van der Waals surface area contributed by atoms with Crippen LogP contribution in [0.15, 0.2) is 48.5 Å². The molecule has 1 atom stereocenters. The van der Waals surface area contributed by atoms with Gasteiger partial charge in [0.1, 0.15) is 5.82 Å². The zero-order chi connectivity index (χ0) is 15.2. The van der Waals surface area contributed by atoms with Crippen molar-refractivity contribution in [2.75, 3.05) is 13.6 Å².